The molecule has 1 fully saturated rings. The molecule has 2 aromatic carbocycles. The molecular weight excluding hydrogens is 475 g/mol. The number of benzene rings is 2. The number of hydrogen-bond donors (Lipinski definition) is 1. The van der Waals surface area contributed by atoms with Gasteiger partial charge in [-0.2, -0.15) is 0 Å². The highest BCUT2D eigenvalue weighted by atomic mass is 19.1. The third-order valence-corrected chi connectivity index (χ3v) is 7.50. The molecule has 0 radical (unpaired) electrons. The molecule has 0 spiro atoms. The van der Waals surface area contributed by atoms with Crippen molar-refractivity contribution >= 4 is 40.1 Å². The smallest absolute Gasteiger partial charge is 0.262 e. The van der Waals surface area contributed by atoms with E-state index in [1.54, 1.807) is 18.2 Å². The van der Waals surface area contributed by atoms with Gasteiger partial charge in [0.2, 0.25) is 11.8 Å². The van der Waals surface area contributed by atoms with Crippen LogP contribution in [-0.4, -0.2) is 57.1 Å². The summed E-state index contributed by atoms with van der Waals surface area (Å²) < 4.78 is 15.6. The SMILES string of the molecule is Cn1cc(C2=CCN(Cc3ccc4c(c3)C(=O)N(C3CCC(=O)NC3=O)C4=O)CC2)c2ccc(F)cc21. The lowest BCUT2D eigenvalue weighted by Crippen LogP contribution is -2.54. The molecule has 3 aliphatic heterocycles. The van der Waals surface area contributed by atoms with Gasteiger partial charge in [0.25, 0.3) is 11.8 Å². The predicted octanol–water partition coefficient (Wildman–Crippen LogP) is 3.01. The van der Waals surface area contributed by atoms with E-state index in [1.807, 2.05) is 29.9 Å². The number of imide groups is 2. The molecule has 0 aliphatic carbocycles. The fourth-order valence-electron chi connectivity index (χ4n) is 5.59. The van der Waals surface area contributed by atoms with Gasteiger partial charge in [-0.3, -0.25) is 34.3 Å². The average molecular weight is 501 g/mol. The summed E-state index contributed by atoms with van der Waals surface area (Å²) in [5.74, 6) is -2.25. The largest absolute Gasteiger partial charge is 0.350 e. The van der Waals surface area contributed by atoms with E-state index < -0.39 is 29.7 Å². The van der Waals surface area contributed by atoms with Crippen LogP contribution in [0.5, 0.6) is 0 Å². The monoisotopic (exact) mass is 500 g/mol. The van der Waals surface area contributed by atoms with Crippen LogP contribution < -0.4 is 5.32 Å². The summed E-state index contributed by atoms with van der Waals surface area (Å²) in [6.45, 7) is 2.15. The highest BCUT2D eigenvalue weighted by Crippen LogP contribution is 2.32. The van der Waals surface area contributed by atoms with Gasteiger partial charge in [-0.25, -0.2) is 4.39 Å². The summed E-state index contributed by atoms with van der Waals surface area (Å²) in [6.07, 6.45) is 5.30. The molecule has 1 saturated heterocycles. The third-order valence-electron chi connectivity index (χ3n) is 7.50. The Hall–Kier alpha value is -4.11. The van der Waals surface area contributed by atoms with Gasteiger partial charge in [0.15, 0.2) is 0 Å². The lowest BCUT2D eigenvalue weighted by atomic mass is 9.98. The van der Waals surface area contributed by atoms with Crippen LogP contribution in [-0.2, 0) is 23.2 Å². The Balaban J connectivity index is 1.17. The molecule has 37 heavy (non-hydrogen) atoms. The second-order valence-corrected chi connectivity index (χ2v) is 9.86. The van der Waals surface area contributed by atoms with Gasteiger partial charge < -0.3 is 4.57 Å². The van der Waals surface area contributed by atoms with Crippen LogP contribution in [0, 0.1) is 5.82 Å². The molecule has 4 amide bonds. The number of carbonyl (C=O) groups excluding carboxylic acids is 4. The van der Waals surface area contributed by atoms with Gasteiger partial charge in [0.05, 0.1) is 16.6 Å². The first-order chi connectivity index (χ1) is 17.8. The quantitative estimate of drug-likeness (QED) is 0.556. The van der Waals surface area contributed by atoms with Gasteiger partial charge in [-0.15, -0.1) is 0 Å². The van der Waals surface area contributed by atoms with Gasteiger partial charge in [-0.1, -0.05) is 12.1 Å². The maximum Gasteiger partial charge on any atom is 0.262 e. The minimum atomic E-state index is -0.968. The number of carbonyl (C=O) groups is 4. The Labute approximate surface area is 212 Å². The number of aryl methyl sites for hydroxylation is 1. The van der Waals surface area contributed by atoms with Crippen LogP contribution >= 0.6 is 0 Å². The minimum absolute atomic E-state index is 0.0925. The first-order valence-corrected chi connectivity index (χ1v) is 12.3. The Morgan fingerprint density at radius 2 is 1.78 bits per heavy atom. The van der Waals surface area contributed by atoms with E-state index in [1.165, 1.54) is 11.6 Å². The molecule has 6 rings (SSSR count). The second kappa shape index (κ2) is 8.77. The molecule has 1 aromatic heterocycles. The summed E-state index contributed by atoms with van der Waals surface area (Å²) in [5.41, 5.74) is 4.69. The summed E-state index contributed by atoms with van der Waals surface area (Å²) in [4.78, 5) is 53.0. The van der Waals surface area contributed by atoms with Crippen molar-refractivity contribution in [2.24, 2.45) is 7.05 Å². The summed E-state index contributed by atoms with van der Waals surface area (Å²) in [6, 6.07) is 9.13. The van der Waals surface area contributed by atoms with Crippen molar-refractivity contribution in [3.63, 3.8) is 0 Å². The van der Waals surface area contributed by atoms with Crippen LogP contribution in [0.1, 0.15) is 51.1 Å². The lowest BCUT2D eigenvalue weighted by Gasteiger charge is -2.27. The van der Waals surface area contributed by atoms with Gasteiger partial charge in [-0.05, 0) is 54.3 Å². The first kappa shape index (κ1) is 23.3. The third kappa shape index (κ3) is 3.95. The minimum Gasteiger partial charge on any atom is -0.350 e. The molecule has 4 heterocycles. The second-order valence-electron chi connectivity index (χ2n) is 9.86. The molecule has 0 saturated carbocycles. The molecule has 0 bridgehead atoms. The number of rotatable bonds is 4. The summed E-state index contributed by atoms with van der Waals surface area (Å²) in [5, 5.41) is 3.25. The zero-order valence-corrected chi connectivity index (χ0v) is 20.3. The van der Waals surface area contributed by atoms with Crippen molar-refractivity contribution in [2.45, 2.75) is 31.8 Å². The number of amides is 4. The van der Waals surface area contributed by atoms with Crippen molar-refractivity contribution in [1.82, 2.24) is 19.7 Å². The maximum absolute atomic E-state index is 13.7. The molecule has 3 aliphatic rings. The van der Waals surface area contributed by atoms with Gasteiger partial charge >= 0.3 is 0 Å². The molecule has 1 N–H and O–H groups in total. The fraction of sp³-hybridized carbons (Fsp3) is 0.286. The number of nitrogens with zero attached hydrogens (tertiary/aromatic N) is 3. The average Bonchev–Trinajstić information content (AvgIpc) is 3.33. The molecule has 1 atom stereocenters. The molecule has 1 unspecified atom stereocenters. The van der Waals surface area contributed by atoms with E-state index in [4.69, 9.17) is 0 Å². The Kier molecular flexibility index (Phi) is 5.52. The fourth-order valence-corrected chi connectivity index (χ4v) is 5.59. The van der Waals surface area contributed by atoms with Crippen LogP contribution in [0.15, 0.2) is 48.7 Å². The number of hydrogen-bond acceptors (Lipinski definition) is 5. The highest BCUT2D eigenvalue weighted by Gasteiger charge is 2.44. The van der Waals surface area contributed by atoms with Crippen LogP contribution in [0.25, 0.3) is 16.5 Å². The van der Waals surface area contributed by atoms with Crippen LogP contribution in [0.4, 0.5) is 4.39 Å². The van der Waals surface area contributed by atoms with E-state index in [9.17, 15) is 23.6 Å². The summed E-state index contributed by atoms with van der Waals surface area (Å²) in [7, 11) is 1.92. The molecule has 8 nitrogen and oxygen atoms in total. The van der Waals surface area contributed by atoms with Crippen LogP contribution in [0.2, 0.25) is 0 Å². The zero-order valence-electron chi connectivity index (χ0n) is 20.3. The Morgan fingerprint density at radius 1 is 0.973 bits per heavy atom. The molecule has 9 heteroatoms. The van der Waals surface area contributed by atoms with Gasteiger partial charge in [0.1, 0.15) is 11.9 Å². The van der Waals surface area contributed by atoms with E-state index in [0.29, 0.717) is 12.1 Å². The Morgan fingerprint density at radius 3 is 2.54 bits per heavy atom. The number of halogens is 1. The van der Waals surface area contributed by atoms with Crippen molar-refractivity contribution in [3.05, 3.63) is 76.7 Å². The van der Waals surface area contributed by atoms with E-state index in [2.05, 4.69) is 16.3 Å². The number of nitrogens with one attached hydrogen (secondary N) is 1. The normalized spacial score (nSPS) is 20.4. The zero-order chi connectivity index (χ0) is 25.8. The topological polar surface area (TPSA) is 91.7 Å². The number of piperidine rings is 1. The first-order valence-electron chi connectivity index (χ1n) is 12.3. The van der Waals surface area contributed by atoms with Crippen molar-refractivity contribution in [1.29, 1.82) is 0 Å². The number of aromatic nitrogens is 1. The number of fused-ring (bicyclic) bond motifs is 2. The van der Waals surface area contributed by atoms with Crippen LogP contribution in [0.3, 0.4) is 0 Å². The standard InChI is InChI=1S/C28H25FN4O4/c1-31-15-22(19-5-3-18(29)13-24(19)31)17-8-10-32(11-9-17)14-16-2-4-20-21(12-16)28(37)33(27(20)36)23-6-7-25(34)30-26(23)35/h2-5,8,12-13,15,23H,6-7,9-11,14H2,1H3,(H,30,34,35). The molecule has 3 aromatic rings. The van der Waals surface area contributed by atoms with Gasteiger partial charge in [0, 0.05) is 50.2 Å². The van der Waals surface area contributed by atoms with E-state index in [0.717, 1.165) is 46.4 Å². The Bertz CT molecular complexity index is 1540. The molecule has 188 valence electrons. The highest BCUT2D eigenvalue weighted by molar-refractivity contribution is 6.23. The molecular formula is C28H25FN4O4. The lowest BCUT2D eigenvalue weighted by molar-refractivity contribution is -0.136. The predicted molar refractivity (Wildman–Crippen MR) is 134 cm³/mol. The van der Waals surface area contributed by atoms with Crippen molar-refractivity contribution in [3.8, 4) is 0 Å². The van der Waals surface area contributed by atoms with Crippen molar-refractivity contribution in [2.75, 3.05) is 13.1 Å². The van der Waals surface area contributed by atoms with E-state index >= 15 is 0 Å². The maximum atomic E-state index is 13.7. The van der Waals surface area contributed by atoms with Crippen molar-refractivity contribution < 1.29 is 23.6 Å². The summed E-state index contributed by atoms with van der Waals surface area (Å²) >= 11 is 0. The van der Waals surface area contributed by atoms with E-state index in [-0.39, 0.29) is 24.2 Å².